The third kappa shape index (κ3) is 2.84. The Morgan fingerprint density at radius 3 is 2.55 bits per heavy atom. The van der Waals surface area contributed by atoms with Crippen molar-refractivity contribution < 1.29 is 4.79 Å². The van der Waals surface area contributed by atoms with Crippen LogP contribution < -0.4 is 10.2 Å². The van der Waals surface area contributed by atoms with E-state index in [0.29, 0.717) is 0 Å². The minimum absolute atomic E-state index is 0.0868. The first-order chi connectivity index (χ1) is 10.6. The standard InChI is InChI=1S/C18H27N3O/c1-4-15-18(22)21(10-9-20(2)3)17-12-14-8-6-5-7-13(14)11-16(17)19-15/h11-12,15,19H,4-10H2,1-3H3. The maximum absolute atomic E-state index is 12.7. The Morgan fingerprint density at radius 1 is 1.23 bits per heavy atom. The van der Waals surface area contributed by atoms with Crippen molar-refractivity contribution in [3.05, 3.63) is 23.3 Å². The minimum Gasteiger partial charge on any atom is -0.372 e. The van der Waals surface area contributed by atoms with Gasteiger partial charge >= 0.3 is 0 Å². The molecule has 0 fully saturated rings. The van der Waals surface area contributed by atoms with E-state index >= 15 is 0 Å². The average Bonchev–Trinajstić information content (AvgIpc) is 2.51. The SMILES string of the molecule is CCC1Nc2cc3c(cc2N(CCN(C)C)C1=O)CCCC3. The summed E-state index contributed by atoms with van der Waals surface area (Å²) in [7, 11) is 4.11. The predicted molar refractivity (Wildman–Crippen MR) is 91.7 cm³/mol. The Kier molecular flexibility index (Phi) is 4.39. The van der Waals surface area contributed by atoms with Crippen LogP contribution in [0.3, 0.4) is 0 Å². The molecule has 2 aliphatic rings. The number of nitrogens with zero attached hydrogens (tertiary/aromatic N) is 2. The van der Waals surface area contributed by atoms with Gasteiger partial charge in [-0.05, 0) is 69.5 Å². The molecule has 0 saturated heterocycles. The molecule has 1 amide bonds. The number of likely N-dealkylation sites (N-methyl/N-ethyl adjacent to an activating group) is 1. The van der Waals surface area contributed by atoms with Crippen molar-refractivity contribution in [2.24, 2.45) is 0 Å². The molecule has 0 aromatic heterocycles. The quantitative estimate of drug-likeness (QED) is 0.928. The summed E-state index contributed by atoms with van der Waals surface area (Å²) in [5, 5.41) is 3.46. The molecular weight excluding hydrogens is 274 g/mol. The molecule has 22 heavy (non-hydrogen) atoms. The molecule has 1 aromatic rings. The van der Waals surface area contributed by atoms with Gasteiger partial charge in [-0.25, -0.2) is 0 Å². The van der Waals surface area contributed by atoms with E-state index in [9.17, 15) is 4.79 Å². The van der Waals surface area contributed by atoms with E-state index in [2.05, 4.69) is 43.4 Å². The molecule has 0 spiro atoms. The zero-order valence-electron chi connectivity index (χ0n) is 14.0. The Morgan fingerprint density at radius 2 is 1.91 bits per heavy atom. The van der Waals surface area contributed by atoms with E-state index in [1.165, 1.54) is 30.4 Å². The molecule has 1 unspecified atom stereocenters. The topological polar surface area (TPSA) is 35.6 Å². The van der Waals surface area contributed by atoms with Crippen LogP contribution in [-0.4, -0.2) is 44.0 Å². The van der Waals surface area contributed by atoms with Gasteiger partial charge < -0.3 is 15.1 Å². The molecule has 1 atom stereocenters. The summed E-state index contributed by atoms with van der Waals surface area (Å²) in [6.45, 7) is 3.72. The van der Waals surface area contributed by atoms with Crippen LogP contribution in [-0.2, 0) is 17.6 Å². The Labute approximate surface area is 133 Å². The fourth-order valence-electron chi connectivity index (χ4n) is 3.48. The second-order valence-electron chi connectivity index (χ2n) is 6.74. The van der Waals surface area contributed by atoms with Gasteiger partial charge in [0.1, 0.15) is 6.04 Å². The van der Waals surface area contributed by atoms with E-state index in [1.54, 1.807) is 0 Å². The van der Waals surface area contributed by atoms with Crippen molar-refractivity contribution in [1.29, 1.82) is 0 Å². The van der Waals surface area contributed by atoms with Crippen LogP contribution in [0.15, 0.2) is 12.1 Å². The van der Waals surface area contributed by atoms with Crippen LogP contribution in [0.25, 0.3) is 0 Å². The Bertz CT molecular complexity index is 568. The lowest BCUT2D eigenvalue weighted by molar-refractivity contribution is -0.119. The van der Waals surface area contributed by atoms with Gasteiger partial charge in [-0.1, -0.05) is 6.92 Å². The summed E-state index contributed by atoms with van der Waals surface area (Å²) < 4.78 is 0. The fraction of sp³-hybridized carbons (Fsp3) is 0.611. The molecule has 3 rings (SSSR count). The van der Waals surface area contributed by atoms with Gasteiger partial charge in [0.05, 0.1) is 11.4 Å². The van der Waals surface area contributed by atoms with E-state index in [-0.39, 0.29) is 11.9 Å². The van der Waals surface area contributed by atoms with Crippen LogP contribution in [0.4, 0.5) is 11.4 Å². The van der Waals surface area contributed by atoms with Gasteiger partial charge in [0.25, 0.3) is 0 Å². The number of rotatable bonds is 4. The molecule has 4 heteroatoms. The van der Waals surface area contributed by atoms with Gasteiger partial charge in [-0.3, -0.25) is 4.79 Å². The van der Waals surface area contributed by atoms with Crippen LogP contribution >= 0.6 is 0 Å². The van der Waals surface area contributed by atoms with Gasteiger partial charge in [0, 0.05) is 13.1 Å². The number of benzene rings is 1. The molecule has 0 bridgehead atoms. The maximum atomic E-state index is 12.7. The first-order valence-electron chi connectivity index (χ1n) is 8.48. The number of hydrogen-bond acceptors (Lipinski definition) is 3. The van der Waals surface area contributed by atoms with E-state index in [1.807, 2.05) is 4.90 Å². The van der Waals surface area contributed by atoms with Crippen molar-refractivity contribution in [1.82, 2.24) is 4.90 Å². The highest BCUT2D eigenvalue weighted by molar-refractivity contribution is 6.05. The number of amides is 1. The van der Waals surface area contributed by atoms with E-state index in [0.717, 1.165) is 37.3 Å². The summed E-state index contributed by atoms with van der Waals surface area (Å²) in [5.41, 5.74) is 5.13. The van der Waals surface area contributed by atoms with Crippen LogP contribution in [0, 0.1) is 0 Å². The average molecular weight is 301 g/mol. The van der Waals surface area contributed by atoms with Crippen molar-refractivity contribution in [2.75, 3.05) is 37.4 Å². The first-order valence-corrected chi connectivity index (χ1v) is 8.48. The van der Waals surface area contributed by atoms with Crippen molar-refractivity contribution in [3.8, 4) is 0 Å². The zero-order valence-corrected chi connectivity index (χ0v) is 14.0. The second-order valence-corrected chi connectivity index (χ2v) is 6.74. The smallest absolute Gasteiger partial charge is 0.249 e. The van der Waals surface area contributed by atoms with Gasteiger partial charge in [0.15, 0.2) is 0 Å². The summed E-state index contributed by atoms with van der Waals surface area (Å²) in [6.07, 6.45) is 5.70. The Balaban J connectivity index is 1.97. The molecule has 120 valence electrons. The monoisotopic (exact) mass is 301 g/mol. The third-order valence-electron chi connectivity index (χ3n) is 4.82. The largest absolute Gasteiger partial charge is 0.372 e. The predicted octanol–water partition coefficient (Wildman–Crippen LogP) is 2.66. The zero-order chi connectivity index (χ0) is 15.7. The van der Waals surface area contributed by atoms with E-state index in [4.69, 9.17) is 0 Å². The highest BCUT2D eigenvalue weighted by Crippen LogP contribution is 2.37. The van der Waals surface area contributed by atoms with Crippen LogP contribution in [0.1, 0.15) is 37.3 Å². The van der Waals surface area contributed by atoms with Crippen molar-refractivity contribution in [2.45, 2.75) is 45.1 Å². The molecule has 1 aliphatic heterocycles. The summed E-state index contributed by atoms with van der Waals surface area (Å²) in [5.74, 6) is 0.215. The molecule has 1 aromatic carbocycles. The summed E-state index contributed by atoms with van der Waals surface area (Å²) in [4.78, 5) is 16.9. The molecule has 0 saturated carbocycles. The number of carbonyl (C=O) groups is 1. The number of anilines is 2. The fourth-order valence-corrected chi connectivity index (χ4v) is 3.48. The van der Waals surface area contributed by atoms with E-state index < -0.39 is 0 Å². The minimum atomic E-state index is -0.0868. The number of carbonyl (C=O) groups excluding carboxylic acids is 1. The molecule has 4 nitrogen and oxygen atoms in total. The highest BCUT2D eigenvalue weighted by atomic mass is 16.2. The van der Waals surface area contributed by atoms with Crippen LogP contribution in [0.5, 0.6) is 0 Å². The molecule has 1 N–H and O–H groups in total. The third-order valence-corrected chi connectivity index (χ3v) is 4.82. The van der Waals surface area contributed by atoms with Crippen molar-refractivity contribution >= 4 is 17.3 Å². The lowest BCUT2D eigenvalue weighted by atomic mass is 9.89. The van der Waals surface area contributed by atoms with Crippen LogP contribution in [0.2, 0.25) is 0 Å². The number of aryl methyl sites for hydroxylation is 2. The van der Waals surface area contributed by atoms with Crippen molar-refractivity contribution in [3.63, 3.8) is 0 Å². The number of nitrogens with one attached hydrogen (secondary N) is 1. The second kappa shape index (κ2) is 6.29. The number of hydrogen-bond donors (Lipinski definition) is 1. The maximum Gasteiger partial charge on any atom is 0.249 e. The molecular formula is C18H27N3O. The first kappa shape index (κ1) is 15.3. The normalized spacial score (nSPS) is 20.6. The highest BCUT2D eigenvalue weighted by Gasteiger charge is 2.32. The van der Waals surface area contributed by atoms with Gasteiger partial charge in [-0.2, -0.15) is 0 Å². The summed E-state index contributed by atoms with van der Waals surface area (Å²) >= 11 is 0. The van der Waals surface area contributed by atoms with Gasteiger partial charge in [0.2, 0.25) is 5.91 Å². The summed E-state index contributed by atoms with van der Waals surface area (Å²) in [6, 6.07) is 4.47. The number of fused-ring (bicyclic) bond motifs is 2. The lowest BCUT2D eigenvalue weighted by Gasteiger charge is -2.37. The molecule has 0 radical (unpaired) electrons. The molecule has 1 aliphatic carbocycles. The lowest BCUT2D eigenvalue weighted by Crippen LogP contribution is -2.49. The van der Waals surface area contributed by atoms with Gasteiger partial charge in [-0.15, -0.1) is 0 Å². The Hall–Kier alpha value is -1.55. The molecule has 1 heterocycles.